The molecule has 5 nitrogen and oxygen atoms in total. The first-order valence-electron chi connectivity index (χ1n) is 9.70. The molecule has 29 heavy (non-hydrogen) atoms. The maximum atomic E-state index is 11.7. The van der Waals surface area contributed by atoms with Crippen molar-refractivity contribution in [1.82, 2.24) is 10.6 Å². The molecule has 0 bridgehead atoms. The molecule has 4 rings (SSSR count). The number of guanidine groups is 1. The number of benzene rings is 2. The number of aryl methyl sites for hydroxylation is 1. The third-order valence-corrected chi connectivity index (χ3v) is 7.29. The summed E-state index contributed by atoms with van der Waals surface area (Å²) < 4.78 is 23.5. The molecule has 0 saturated heterocycles. The zero-order valence-electron chi connectivity index (χ0n) is 17.0. The van der Waals surface area contributed by atoms with Gasteiger partial charge in [-0.2, -0.15) is 0 Å². The van der Waals surface area contributed by atoms with Crippen LogP contribution in [0.2, 0.25) is 0 Å². The Labute approximate surface area is 190 Å². The Bertz CT molecular complexity index is 1040. The maximum Gasteiger partial charge on any atom is 0.191 e. The van der Waals surface area contributed by atoms with Crippen molar-refractivity contribution in [1.29, 1.82) is 0 Å². The maximum absolute atomic E-state index is 11.7. The van der Waals surface area contributed by atoms with Crippen LogP contribution in [-0.4, -0.2) is 34.2 Å². The van der Waals surface area contributed by atoms with Gasteiger partial charge in [0.2, 0.25) is 0 Å². The molecule has 0 heterocycles. The summed E-state index contributed by atoms with van der Waals surface area (Å²) in [5.41, 5.74) is 4.85. The molecule has 2 aliphatic carbocycles. The van der Waals surface area contributed by atoms with Gasteiger partial charge in [0.05, 0.1) is 4.90 Å². The van der Waals surface area contributed by atoms with E-state index in [1.54, 1.807) is 13.1 Å². The van der Waals surface area contributed by atoms with Crippen LogP contribution >= 0.6 is 24.0 Å². The average molecular weight is 525 g/mol. The summed E-state index contributed by atoms with van der Waals surface area (Å²) >= 11 is 0. The largest absolute Gasteiger partial charge is 0.356 e. The third kappa shape index (κ3) is 4.60. The summed E-state index contributed by atoms with van der Waals surface area (Å²) in [6.07, 6.45) is 2.44. The van der Waals surface area contributed by atoms with Crippen LogP contribution in [0.5, 0.6) is 0 Å². The van der Waals surface area contributed by atoms with Gasteiger partial charge in [0.25, 0.3) is 0 Å². The summed E-state index contributed by atoms with van der Waals surface area (Å²) in [5.74, 6) is 2.94. The SMILES string of the molecule is CN=C(NCc1ccc(S(C)(=O)=O)c(C)c1)NCC1C2Cc3ccccc3C12.I. The quantitative estimate of drug-likeness (QED) is 0.357. The first-order chi connectivity index (χ1) is 13.4. The molecular formula is C22H28IN3O2S. The van der Waals surface area contributed by atoms with Gasteiger partial charge in [-0.25, -0.2) is 8.42 Å². The Morgan fingerprint density at radius 1 is 1.17 bits per heavy atom. The lowest BCUT2D eigenvalue weighted by Crippen LogP contribution is -2.38. The molecule has 0 amide bonds. The smallest absolute Gasteiger partial charge is 0.191 e. The van der Waals surface area contributed by atoms with Crippen LogP contribution in [0, 0.1) is 18.8 Å². The van der Waals surface area contributed by atoms with E-state index in [1.807, 2.05) is 19.1 Å². The van der Waals surface area contributed by atoms with Gasteiger partial charge < -0.3 is 10.6 Å². The number of fused-ring (bicyclic) bond motifs is 3. The van der Waals surface area contributed by atoms with E-state index < -0.39 is 9.84 Å². The van der Waals surface area contributed by atoms with Gasteiger partial charge in [-0.3, -0.25) is 4.99 Å². The van der Waals surface area contributed by atoms with Crippen LogP contribution in [-0.2, 0) is 22.8 Å². The van der Waals surface area contributed by atoms with E-state index >= 15 is 0 Å². The van der Waals surface area contributed by atoms with Gasteiger partial charge in [0, 0.05) is 26.4 Å². The molecule has 156 valence electrons. The van der Waals surface area contributed by atoms with Gasteiger partial charge in [0.1, 0.15) is 0 Å². The van der Waals surface area contributed by atoms with Crippen LogP contribution in [0.25, 0.3) is 0 Å². The number of nitrogens with zero attached hydrogens (tertiary/aromatic N) is 1. The zero-order chi connectivity index (χ0) is 19.9. The summed E-state index contributed by atoms with van der Waals surface area (Å²) in [4.78, 5) is 4.71. The van der Waals surface area contributed by atoms with Gasteiger partial charge in [-0.15, -0.1) is 24.0 Å². The molecule has 0 spiro atoms. The van der Waals surface area contributed by atoms with Crippen LogP contribution in [0.15, 0.2) is 52.4 Å². The minimum Gasteiger partial charge on any atom is -0.356 e. The number of nitrogens with one attached hydrogen (secondary N) is 2. The molecule has 2 aromatic rings. The van der Waals surface area contributed by atoms with Gasteiger partial charge in [-0.1, -0.05) is 36.4 Å². The highest BCUT2D eigenvalue weighted by molar-refractivity contribution is 14.0. The lowest BCUT2D eigenvalue weighted by molar-refractivity contribution is 0.601. The first-order valence-corrected chi connectivity index (χ1v) is 11.6. The Balaban J connectivity index is 0.00000240. The topological polar surface area (TPSA) is 70.6 Å². The van der Waals surface area contributed by atoms with Crippen molar-refractivity contribution < 1.29 is 8.42 Å². The molecular weight excluding hydrogens is 497 g/mol. The Kier molecular flexibility index (Phi) is 6.57. The minimum atomic E-state index is -3.18. The molecule has 3 atom stereocenters. The summed E-state index contributed by atoms with van der Waals surface area (Å²) in [6, 6.07) is 14.2. The second-order valence-corrected chi connectivity index (χ2v) is 9.92. The van der Waals surface area contributed by atoms with Gasteiger partial charge in [0.15, 0.2) is 15.8 Å². The van der Waals surface area contributed by atoms with E-state index in [0.717, 1.165) is 29.5 Å². The highest BCUT2D eigenvalue weighted by Gasteiger charge is 2.54. The van der Waals surface area contributed by atoms with Crippen molar-refractivity contribution in [2.24, 2.45) is 16.8 Å². The van der Waals surface area contributed by atoms with E-state index in [9.17, 15) is 8.42 Å². The predicted octanol–water partition coefficient (Wildman–Crippen LogP) is 3.27. The molecule has 1 fully saturated rings. The second-order valence-electron chi connectivity index (χ2n) is 7.94. The van der Waals surface area contributed by atoms with E-state index in [-0.39, 0.29) is 24.0 Å². The number of aliphatic imine (C=N–C) groups is 1. The van der Waals surface area contributed by atoms with E-state index in [2.05, 4.69) is 39.9 Å². The molecule has 2 aromatic carbocycles. The van der Waals surface area contributed by atoms with Crippen LogP contribution in [0.4, 0.5) is 0 Å². The van der Waals surface area contributed by atoms with E-state index in [4.69, 9.17) is 0 Å². The van der Waals surface area contributed by atoms with Crippen molar-refractivity contribution in [3.05, 3.63) is 64.7 Å². The van der Waals surface area contributed by atoms with Crippen LogP contribution < -0.4 is 10.6 Å². The highest BCUT2D eigenvalue weighted by atomic mass is 127. The highest BCUT2D eigenvalue weighted by Crippen LogP contribution is 2.60. The molecule has 1 saturated carbocycles. The monoisotopic (exact) mass is 525 g/mol. The zero-order valence-corrected chi connectivity index (χ0v) is 20.1. The number of hydrogen-bond donors (Lipinski definition) is 2. The van der Waals surface area contributed by atoms with Gasteiger partial charge >= 0.3 is 0 Å². The Hall–Kier alpha value is -1.61. The molecule has 7 heteroatoms. The fourth-order valence-electron chi connectivity index (χ4n) is 4.62. The summed E-state index contributed by atoms with van der Waals surface area (Å²) in [5, 5.41) is 6.78. The third-order valence-electron chi connectivity index (χ3n) is 6.03. The van der Waals surface area contributed by atoms with Crippen molar-refractivity contribution in [3.8, 4) is 0 Å². The Morgan fingerprint density at radius 2 is 1.93 bits per heavy atom. The molecule has 2 N–H and O–H groups in total. The second kappa shape index (κ2) is 8.63. The number of halogens is 1. The van der Waals surface area contributed by atoms with Crippen LogP contribution in [0.1, 0.15) is 28.2 Å². The standard InChI is InChI=1S/C22H27N3O2S.HI/c1-14-10-15(8-9-20(14)28(3,26)27)12-24-22(23-2)25-13-19-18-11-16-6-4-5-7-17(16)21(18)19;/h4-10,18-19,21H,11-13H2,1-3H3,(H2,23,24,25);1H. The normalized spacial score (nSPS) is 22.3. The van der Waals surface area contributed by atoms with E-state index in [1.165, 1.54) is 23.8 Å². The number of hydrogen-bond acceptors (Lipinski definition) is 3. The van der Waals surface area contributed by atoms with Gasteiger partial charge in [-0.05, 0) is 59.4 Å². The lowest BCUT2D eigenvalue weighted by atomic mass is 10.0. The fourth-order valence-corrected chi connectivity index (χ4v) is 5.58. The lowest BCUT2D eigenvalue weighted by Gasteiger charge is -2.14. The van der Waals surface area contributed by atoms with Crippen molar-refractivity contribution in [2.75, 3.05) is 19.8 Å². The van der Waals surface area contributed by atoms with Crippen LogP contribution in [0.3, 0.4) is 0 Å². The fraction of sp³-hybridized carbons (Fsp3) is 0.409. The first kappa shape index (κ1) is 22.1. The summed E-state index contributed by atoms with van der Waals surface area (Å²) in [7, 11) is -1.41. The average Bonchev–Trinajstić information content (AvgIpc) is 3.18. The Morgan fingerprint density at radius 3 is 2.62 bits per heavy atom. The van der Waals surface area contributed by atoms with Crippen molar-refractivity contribution in [3.63, 3.8) is 0 Å². The molecule has 0 radical (unpaired) electrons. The molecule has 2 aliphatic rings. The van der Waals surface area contributed by atoms with E-state index in [0.29, 0.717) is 23.3 Å². The van der Waals surface area contributed by atoms with Crippen molar-refractivity contribution >= 4 is 39.8 Å². The molecule has 0 aliphatic heterocycles. The number of sulfone groups is 1. The number of rotatable bonds is 5. The summed E-state index contributed by atoms with van der Waals surface area (Å²) in [6.45, 7) is 3.36. The predicted molar refractivity (Wildman–Crippen MR) is 128 cm³/mol. The van der Waals surface area contributed by atoms with Crippen molar-refractivity contribution in [2.45, 2.75) is 30.7 Å². The molecule has 0 aromatic heterocycles. The molecule has 3 unspecified atom stereocenters. The minimum absolute atomic E-state index is 0.